The molecule has 0 saturated heterocycles. The highest BCUT2D eigenvalue weighted by atomic mass is 16.6. The minimum Gasteiger partial charge on any atom is -0.481 e. The Morgan fingerprint density at radius 1 is 1.35 bits per heavy atom. The van der Waals surface area contributed by atoms with Crippen molar-refractivity contribution >= 4 is 12.1 Å². The van der Waals surface area contributed by atoms with Gasteiger partial charge in [-0.25, -0.2) is 14.8 Å². The van der Waals surface area contributed by atoms with E-state index in [9.17, 15) is 9.59 Å². The van der Waals surface area contributed by atoms with E-state index in [1.165, 1.54) is 12.4 Å². The summed E-state index contributed by atoms with van der Waals surface area (Å²) in [6.45, 7) is 6.91. The predicted molar refractivity (Wildman–Crippen MR) is 71.1 cm³/mol. The summed E-state index contributed by atoms with van der Waals surface area (Å²) in [7, 11) is 0. The largest absolute Gasteiger partial charge is 0.481 e. The highest BCUT2D eigenvalue weighted by molar-refractivity contribution is 5.72. The van der Waals surface area contributed by atoms with Crippen molar-refractivity contribution in [2.45, 2.75) is 45.8 Å². The summed E-state index contributed by atoms with van der Waals surface area (Å²) in [6, 6.07) is -0.733. The fourth-order valence-electron chi connectivity index (χ4n) is 1.46. The van der Waals surface area contributed by atoms with Crippen LogP contribution < -0.4 is 5.32 Å². The van der Waals surface area contributed by atoms with E-state index < -0.39 is 23.7 Å². The summed E-state index contributed by atoms with van der Waals surface area (Å²) < 4.78 is 5.11. The molecule has 1 unspecified atom stereocenters. The molecule has 0 aliphatic rings. The van der Waals surface area contributed by atoms with Crippen LogP contribution >= 0.6 is 0 Å². The van der Waals surface area contributed by atoms with Crippen LogP contribution in [0.25, 0.3) is 0 Å². The Hall–Kier alpha value is -2.18. The molecule has 1 rings (SSSR count). The van der Waals surface area contributed by atoms with E-state index in [1.54, 1.807) is 27.7 Å². The lowest BCUT2D eigenvalue weighted by atomic mass is 10.1. The topological polar surface area (TPSA) is 101 Å². The fraction of sp³-hybridized carbons (Fsp3) is 0.538. The molecule has 0 aromatic carbocycles. The van der Waals surface area contributed by atoms with Gasteiger partial charge in [-0.2, -0.15) is 0 Å². The number of aryl methyl sites for hydroxylation is 1. The van der Waals surface area contributed by atoms with E-state index in [0.717, 1.165) is 0 Å². The Morgan fingerprint density at radius 2 is 1.90 bits per heavy atom. The Labute approximate surface area is 117 Å². The Balaban J connectivity index is 2.82. The summed E-state index contributed by atoms with van der Waals surface area (Å²) in [5.41, 5.74) is -0.134. The number of hydrogen-bond donors (Lipinski definition) is 2. The lowest BCUT2D eigenvalue weighted by Crippen LogP contribution is -2.35. The molecule has 0 fully saturated rings. The molecule has 0 radical (unpaired) electrons. The number of carbonyl (C=O) groups excluding carboxylic acids is 1. The van der Waals surface area contributed by atoms with Crippen LogP contribution in [0.3, 0.4) is 0 Å². The molecule has 0 aliphatic carbocycles. The lowest BCUT2D eigenvalue weighted by molar-refractivity contribution is -0.137. The van der Waals surface area contributed by atoms with Gasteiger partial charge in [-0.3, -0.25) is 4.79 Å². The number of aliphatic carboxylic acids is 1. The van der Waals surface area contributed by atoms with Gasteiger partial charge in [0.2, 0.25) is 0 Å². The molecule has 1 aromatic heterocycles. The molecule has 2 N–H and O–H groups in total. The van der Waals surface area contributed by atoms with Crippen LogP contribution in [0.2, 0.25) is 0 Å². The van der Waals surface area contributed by atoms with Crippen LogP contribution in [0, 0.1) is 6.92 Å². The number of nitrogens with one attached hydrogen (secondary N) is 1. The molecule has 7 heteroatoms. The van der Waals surface area contributed by atoms with Crippen molar-refractivity contribution in [2.24, 2.45) is 0 Å². The summed E-state index contributed by atoms with van der Waals surface area (Å²) in [4.78, 5) is 30.6. The van der Waals surface area contributed by atoms with Gasteiger partial charge in [0.15, 0.2) is 0 Å². The van der Waals surface area contributed by atoms with Gasteiger partial charge in [0.25, 0.3) is 0 Å². The fourth-order valence-corrected chi connectivity index (χ4v) is 1.46. The molecule has 0 saturated carbocycles. The molecular formula is C13H19N3O4. The molecule has 0 bridgehead atoms. The number of carboxylic acids is 1. The van der Waals surface area contributed by atoms with Crippen LogP contribution in [0.5, 0.6) is 0 Å². The van der Waals surface area contributed by atoms with Gasteiger partial charge in [-0.15, -0.1) is 0 Å². The third-order valence-corrected chi connectivity index (χ3v) is 2.27. The molecule has 0 aliphatic heterocycles. The van der Waals surface area contributed by atoms with E-state index in [0.29, 0.717) is 11.4 Å². The number of alkyl carbamates (subject to hydrolysis) is 1. The molecular weight excluding hydrogens is 262 g/mol. The number of hydrogen-bond acceptors (Lipinski definition) is 5. The zero-order valence-electron chi connectivity index (χ0n) is 12.0. The number of nitrogens with zero attached hydrogens (tertiary/aromatic N) is 2. The summed E-state index contributed by atoms with van der Waals surface area (Å²) in [5, 5.41) is 11.4. The van der Waals surface area contributed by atoms with Gasteiger partial charge in [-0.1, -0.05) is 0 Å². The third kappa shape index (κ3) is 5.64. The first-order valence-electron chi connectivity index (χ1n) is 6.17. The highest BCUT2D eigenvalue weighted by Crippen LogP contribution is 2.16. The Morgan fingerprint density at radius 3 is 2.35 bits per heavy atom. The zero-order valence-corrected chi connectivity index (χ0v) is 12.0. The first-order valence-corrected chi connectivity index (χ1v) is 6.17. The van der Waals surface area contributed by atoms with E-state index in [-0.39, 0.29) is 6.42 Å². The minimum atomic E-state index is -1.04. The predicted octanol–water partition coefficient (Wildman–Crippen LogP) is 1.83. The van der Waals surface area contributed by atoms with E-state index >= 15 is 0 Å². The lowest BCUT2D eigenvalue weighted by Gasteiger charge is -2.23. The SMILES string of the molecule is Cc1ncc(C(CC(=O)O)NC(=O)OC(C)(C)C)cn1. The summed E-state index contributed by atoms with van der Waals surface area (Å²) in [6.07, 6.45) is 2.04. The Bertz CT molecular complexity index is 479. The van der Waals surface area contributed by atoms with Crippen molar-refractivity contribution in [1.82, 2.24) is 15.3 Å². The average Bonchev–Trinajstić information content (AvgIpc) is 2.25. The smallest absolute Gasteiger partial charge is 0.408 e. The monoisotopic (exact) mass is 281 g/mol. The zero-order chi connectivity index (χ0) is 15.3. The van der Waals surface area contributed by atoms with Crippen LogP contribution in [-0.2, 0) is 9.53 Å². The average molecular weight is 281 g/mol. The number of carboxylic acid groups (broad SMARTS) is 1. The molecule has 1 amide bonds. The van der Waals surface area contributed by atoms with Gasteiger partial charge < -0.3 is 15.2 Å². The van der Waals surface area contributed by atoms with Crippen molar-refractivity contribution in [1.29, 1.82) is 0 Å². The van der Waals surface area contributed by atoms with Crippen molar-refractivity contribution in [3.8, 4) is 0 Å². The normalized spacial score (nSPS) is 12.6. The van der Waals surface area contributed by atoms with Gasteiger partial charge in [0.1, 0.15) is 11.4 Å². The third-order valence-electron chi connectivity index (χ3n) is 2.27. The van der Waals surface area contributed by atoms with Gasteiger partial charge in [0.05, 0.1) is 12.5 Å². The minimum absolute atomic E-state index is 0.272. The van der Waals surface area contributed by atoms with E-state index in [1.807, 2.05) is 0 Å². The molecule has 0 spiro atoms. The Kier molecular flexibility index (Phi) is 5.01. The van der Waals surface area contributed by atoms with Crippen LogP contribution in [-0.4, -0.2) is 32.7 Å². The van der Waals surface area contributed by atoms with Crippen LogP contribution in [0.1, 0.15) is 44.6 Å². The molecule has 20 heavy (non-hydrogen) atoms. The number of rotatable bonds is 4. The van der Waals surface area contributed by atoms with E-state index in [2.05, 4.69) is 15.3 Å². The van der Waals surface area contributed by atoms with Crippen molar-refractivity contribution < 1.29 is 19.4 Å². The quantitative estimate of drug-likeness (QED) is 0.873. The van der Waals surface area contributed by atoms with Gasteiger partial charge >= 0.3 is 12.1 Å². The van der Waals surface area contributed by atoms with Gasteiger partial charge in [0, 0.05) is 18.0 Å². The summed E-state index contributed by atoms with van der Waals surface area (Å²) in [5.74, 6) is -0.466. The molecule has 1 atom stereocenters. The van der Waals surface area contributed by atoms with Crippen molar-refractivity contribution in [2.75, 3.05) is 0 Å². The maximum Gasteiger partial charge on any atom is 0.408 e. The number of amides is 1. The first kappa shape index (κ1) is 15.9. The van der Waals surface area contributed by atoms with Crippen molar-refractivity contribution in [3.63, 3.8) is 0 Å². The standard InChI is InChI=1S/C13H19N3O4/c1-8-14-6-9(7-15-8)10(5-11(17)18)16-12(19)20-13(2,3)4/h6-7,10H,5H2,1-4H3,(H,16,19)(H,17,18). The molecule has 1 heterocycles. The molecule has 110 valence electrons. The summed E-state index contributed by atoms with van der Waals surface area (Å²) >= 11 is 0. The number of ether oxygens (including phenoxy) is 1. The molecule has 1 aromatic rings. The number of carbonyl (C=O) groups is 2. The second-order valence-corrected chi connectivity index (χ2v) is 5.36. The maximum atomic E-state index is 11.7. The maximum absolute atomic E-state index is 11.7. The van der Waals surface area contributed by atoms with Crippen molar-refractivity contribution in [3.05, 3.63) is 23.8 Å². The van der Waals surface area contributed by atoms with Crippen LogP contribution in [0.15, 0.2) is 12.4 Å². The second-order valence-electron chi connectivity index (χ2n) is 5.36. The van der Waals surface area contributed by atoms with Crippen LogP contribution in [0.4, 0.5) is 4.79 Å². The molecule has 7 nitrogen and oxygen atoms in total. The first-order chi connectivity index (χ1) is 9.17. The second kappa shape index (κ2) is 6.31. The number of aromatic nitrogens is 2. The van der Waals surface area contributed by atoms with E-state index in [4.69, 9.17) is 9.84 Å². The van der Waals surface area contributed by atoms with Gasteiger partial charge in [-0.05, 0) is 27.7 Å². The highest BCUT2D eigenvalue weighted by Gasteiger charge is 2.22.